The Morgan fingerprint density at radius 2 is 1.95 bits per heavy atom. The van der Waals surface area contributed by atoms with Crippen LogP contribution in [0.3, 0.4) is 0 Å². The number of hydrogen-bond donors (Lipinski definition) is 1. The molecule has 2 fully saturated rings. The zero-order valence-electron chi connectivity index (χ0n) is 12.0. The molecule has 1 N–H and O–H groups in total. The van der Waals surface area contributed by atoms with Crippen molar-refractivity contribution in [3.63, 3.8) is 0 Å². The second kappa shape index (κ2) is 6.33. The topological polar surface area (TPSA) is 31.4 Å². The highest BCUT2D eigenvalue weighted by atomic mass is 79.9. The lowest BCUT2D eigenvalue weighted by Crippen LogP contribution is -2.49. The van der Waals surface area contributed by atoms with Gasteiger partial charge in [0.15, 0.2) is 0 Å². The van der Waals surface area contributed by atoms with E-state index in [1.54, 1.807) is 4.90 Å². The van der Waals surface area contributed by atoms with E-state index in [1.165, 1.54) is 6.20 Å². The summed E-state index contributed by atoms with van der Waals surface area (Å²) in [7, 11) is 0. The summed E-state index contributed by atoms with van der Waals surface area (Å²) in [5.74, 6) is 0.0494. The average Bonchev–Trinajstić information content (AvgIpc) is 2.97. The van der Waals surface area contributed by atoms with Crippen LogP contribution in [0.15, 0.2) is 16.7 Å². The van der Waals surface area contributed by atoms with Gasteiger partial charge in [0.2, 0.25) is 0 Å². The van der Waals surface area contributed by atoms with E-state index >= 15 is 0 Å². The molecule has 4 nitrogen and oxygen atoms in total. The van der Waals surface area contributed by atoms with Crippen molar-refractivity contribution in [2.75, 3.05) is 44.2 Å². The molecule has 122 valence electrons. The number of hydrogen-bond acceptors (Lipinski definition) is 4. The lowest BCUT2D eigenvalue weighted by molar-refractivity contribution is -0.137. The summed E-state index contributed by atoms with van der Waals surface area (Å²) < 4.78 is 40.0. The monoisotopic (exact) mass is 378 g/mol. The molecule has 22 heavy (non-hydrogen) atoms. The van der Waals surface area contributed by atoms with E-state index in [1.807, 2.05) is 0 Å². The van der Waals surface area contributed by atoms with E-state index in [2.05, 4.69) is 31.1 Å². The number of alkyl halides is 3. The quantitative estimate of drug-likeness (QED) is 0.855. The van der Waals surface area contributed by atoms with E-state index in [0.717, 1.165) is 38.7 Å². The number of halogens is 4. The van der Waals surface area contributed by atoms with E-state index < -0.39 is 11.7 Å². The minimum absolute atomic E-state index is 0.0494. The highest BCUT2D eigenvalue weighted by Crippen LogP contribution is 2.38. The molecular weight excluding hydrogens is 361 g/mol. The summed E-state index contributed by atoms with van der Waals surface area (Å²) in [4.78, 5) is 8.16. The zero-order valence-corrected chi connectivity index (χ0v) is 13.6. The molecule has 0 spiro atoms. The summed E-state index contributed by atoms with van der Waals surface area (Å²) >= 11 is 3.08. The summed E-state index contributed by atoms with van der Waals surface area (Å²) in [5, 5.41) is 3.29. The number of aromatic nitrogens is 1. The van der Waals surface area contributed by atoms with Crippen LogP contribution < -0.4 is 10.2 Å². The number of pyridine rings is 1. The third-order valence-electron chi connectivity index (χ3n) is 4.27. The van der Waals surface area contributed by atoms with Gasteiger partial charge in [-0.2, -0.15) is 13.2 Å². The molecule has 0 bridgehead atoms. The fourth-order valence-electron chi connectivity index (χ4n) is 3.17. The Balaban J connectivity index is 1.78. The second-order valence-electron chi connectivity index (χ2n) is 5.70. The standard InChI is InChI=1S/C14H18BrF3N4/c15-10-7-12(14(16,17)18)13(20-8-10)22-4-1-11(9-22)21-5-2-19-3-6-21/h7-8,11,19H,1-6,9H2. The van der Waals surface area contributed by atoms with Gasteiger partial charge in [0, 0.05) is 56.0 Å². The average molecular weight is 379 g/mol. The van der Waals surface area contributed by atoms with Crippen LogP contribution in [0.4, 0.5) is 19.0 Å². The van der Waals surface area contributed by atoms with Gasteiger partial charge in [0.05, 0.1) is 5.56 Å². The van der Waals surface area contributed by atoms with Crippen molar-refractivity contribution in [2.24, 2.45) is 0 Å². The van der Waals surface area contributed by atoms with Gasteiger partial charge >= 0.3 is 6.18 Å². The molecule has 2 aliphatic rings. The van der Waals surface area contributed by atoms with Crippen molar-refractivity contribution in [1.82, 2.24) is 15.2 Å². The van der Waals surface area contributed by atoms with Crippen LogP contribution in [-0.2, 0) is 6.18 Å². The summed E-state index contributed by atoms with van der Waals surface area (Å²) in [6.45, 7) is 5.03. The highest BCUT2D eigenvalue weighted by molar-refractivity contribution is 9.10. The fraction of sp³-hybridized carbons (Fsp3) is 0.643. The van der Waals surface area contributed by atoms with E-state index in [-0.39, 0.29) is 5.82 Å². The summed E-state index contributed by atoms with van der Waals surface area (Å²) in [6.07, 6.45) is -2.07. The van der Waals surface area contributed by atoms with Crippen molar-refractivity contribution in [2.45, 2.75) is 18.6 Å². The number of nitrogens with zero attached hydrogens (tertiary/aromatic N) is 3. The Morgan fingerprint density at radius 3 is 2.64 bits per heavy atom. The van der Waals surface area contributed by atoms with Crippen molar-refractivity contribution < 1.29 is 13.2 Å². The molecular formula is C14H18BrF3N4. The minimum atomic E-state index is -4.39. The molecule has 1 aromatic rings. The molecule has 2 saturated heterocycles. The first-order valence-electron chi connectivity index (χ1n) is 7.37. The Morgan fingerprint density at radius 1 is 1.23 bits per heavy atom. The molecule has 8 heteroatoms. The van der Waals surface area contributed by atoms with Gasteiger partial charge in [0.25, 0.3) is 0 Å². The maximum Gasteiger partial charge on any atom is 0.419 e. The van der Waals surface area contributed by atoms with Gasteiger partial charge in [-0.1, -0.05) is 0 Å². The molecule has 0 amide bonds. The SMILES string of the molecule is FC(F)(F)c1cc(Br)cnc1N1CCC(N2CCNCC2)C1. The van der Waals surface area contributed by atoms with Gasteiger partial charge in [-0.3, -0.25) is 4.90 Å². The van der Waals surface area contributed by atoms with Crippen molar-refractivity contribution in [1.29, 1.82) is 0 Å². The van der Waals surface area contributed by atoms with E-state index in [4.69, 9.17) is 0 Å². The fourth-order valence-corrected chi connectivity index (χ4v) is 3.50. The molecule has 1 aromatic heterocycles. The van der Waals surface area contributed by atoms with Gasteiger partial charge in [-0.25, -0.2) is 4.98 Å². The molecule has 1 unspecified atom stereocenters. The van der Waals surface area contributed by atoms with Crippen LogP contribution in [0, 0.1) is 0 Å². The van der Waals surface area contributed by atoms with Crippen LogP contribution in [0.2, 0.25) is 0 Å². The van der Waals surface area contributed by atoms with Crippen molar-refractivity contribution in [3.05, 3.63) is 22.3 Å². The number of rotatable bonds is 2. The third-order valence-corrected chi connectivity index (χ3v) is 4.70. The third kappa shape index (κ3) is 3.38. The Labute approximate surface area is 135 Å². The maximum absolute atomic E-state index is 13.2. The smallest absolute Gasteiger partial charge is 0.354 e. The highest BCUT2D eigenvalue weighted by Gasteiger charge is 2.38. The lowest BCUT2D eigenvalue weighted by Gasteiger charge is -2.32. The van der Waals surface area contributed by atoms with Crippen LogP contribution in [-0.4, -0.2) is 55.2 Å². The maximum atomic E-state index is 13.2. The van der Waals surface area contributed by atoms with Gasteiger partial charge in [0.1, 0.15) is 5.82 Å². The van der Waals surface area contributed by atoms with Gasteiger partial charge in [-0.05, 0) is 28.4 Å². The normalized spacial score (nSPS) is 24.0. The molecule has 0 radical (unpaired) electrons. The van der Waals surface area contributed by atoms with Crippen LogP contribution in [0.25, 0.3) is 0 Å². The first-order valence-corrected chi connectivity index (χ1v) is 8.17. The van der Waals surface area contributed by atoms with Crippen LogP contribution in [0.5, 0.6) is 0 Å². The number of piperazine rings is 1. The Hall–Kier alpha value is -0.860. The largest absolute Gasteiger partial charge is 0.419 e. The minimum Gasteiger partial charge on any atom is -0.354 e. The van der Waals surface area contributed by atoms with Crippen LogP contribution in [0.1, 0.15) is 12.0 Å². The number of nitrogens with one attached hydrogen (secondary N) is 1. The molecule has 0 saturated carbocycles. The molecule has 2 aliphatic heterocycles. The Bertz CT molecular complexity index is 531. The molecule has 0 aliphatic carbocycles. The molecule has 1 atom stereocenters. The van der Waals surface area contributed by atoms with Gasteiger partial charge in [-0.15, -0.1) is 0 Å². The first-order chi connectivity index (χ1) is 10.4. The van der Waals surface area contributed by atoms with Crippen molar-refractivity contribution in [3.8, 4) is 0 Å². The molecule has 3 rings (SSSR count). The van der Waals surface area contributed by atoms with Crippen molar-refractivity contribution >= 4 is 21.7 Å². The second-order valence-corrected chi connectivity index (χ2v) is 6.61. The van der Waals surface area contributed by atoms with E-state index in [0.29, 0.717) is 23.6 Å². The van der Waals surface area contributed by atoms with Gasteiger partial charge < -0.3 is 10.2 Å². The molecule has 0 aromatic carbocycles. The summed E-state index contributed by atoms with van der Waals surface area (Å²) in [6, 6.07) is 1.43. The lowest BCUT2D eigenvalue weighted by atomic mass is 10.2. The molecule has 3 heterocycles. The predicted molar refractivity (Wildman–Crippen MR) is 82.0 cm³/mol. The Kier molecular flexibility index (Phi) is 4.61. The van der Waals surface area contributed by atoms with E-state index in [9.17, 15) is 13.2 Å². The number of anilines is 1. The zero-order chi connectivity index (χ0) is 15.7. The first kappa shape index (κ1) is 16.0. The summed E-state index contributed by atoms with van der Waals surface area (Å²) in [5.41, 5.74) is -0.664. The predicted octanol–water partition coefficient (Wildman–Crippen LogP) is 2.35. The van der Waals surface area contributed by atoms with Crippen LogP contribution >= 0.6 is 15.9 Å².